The van der Waals surface area contributed by atoms with Gasteiger partial charge in [-0.15, -0.1) is 0 Å². The fraction of sp³-hybridized carbons (Fsp3) is 0.448. The summed E-state index contributed by atoms with van der Waals surface area (Å²) in [6, 6.07) is 16.0. The molecule has 0 bridgehead atoms. The Kier molecular flexibility index (Phi) is 10.7. The van der Waals surface area contributed by atoms with Gasteiger partial charge in [0.1, 0.15) is 24.7 Å². The Morgan fingerprint density at radius 3 is 2.16 bits per heavy atom. The van der Waals surface area contributed by atoms with Gasteiger partial charge < -0.3 is 25.0 Å². The van der Waals surface area contributed by atoms with Gasteiger partial charge in [0.2, 0.25) is 11.8 Å². The molecule has 1 saturated heterocycles. The largest absolute Gasteiger partial charge is 0.467 e. The van der Waals surface area contributed by atoms with Crippen LogP contribution in [0.2, 0.25) is 0 Å². The number of carbonyl (C=O) groups is 4. The van der Waals surface area contributed by atoms with Crippen molar-refractivity contribution in [2.45, 2.75) is 64.3 Å². The van der Waals surface area contributed by atoms with E-state index in [1.165, 1.54) is 12.0 Å². The number of nitrogens with one attached hydrogen (secondary N) is 2. The summed E-state index contributed by atoms with van der Waals surface area (Å²) in [6.07, 6.45) is 1.06. The Hall–Kier alpha value is -3.88. The second kappa shape index (κ2) is 14.2. The van der Waals surface area contributed by atoms with Gasteiger partial charge in [-0.2, -0.15) is 0 Å². The number of likely N-dealkylation sites (tertiary alicyclic amines) is 1. The number of alkyl carbamates (subject to hydrolysis) is 1. The van der Waals surface area contributed by atoms with Crippen molar-refractivity contribution in [1.29, 1.82) is 0 Å². The molecule has 204 valence electrons. The first-order chi connectivity index (χ1) is 18.3. The minimum Gasteiger partial charge on any atom is -0.467 e. The van der Waals surface area contributed by atoms with E-state index in [1.807, 2.05) is 74.5 Å². The van der Waals surface area contributed by atoms with Crippen molar-refractivity contribution < 1.29 is 28.7 Å². The molecule has 2 aromatic rings. The van der Waals surface area contributed by atoms with E-state index in [-0.39, 0.29) is 24.9 Å². The van der Waals surface area contributed by atoms with Crippen LogP contribution in [0.1, 0.15) is 44.2 Å². The number of methoxy groups -OCH3 is 1. The highest BCUT2D eigenvalue weighted by atomic mass is 16.5. The van der Waals surface area contributed by atoms with Crippen molar-refractivity contribution in [3.63, 3.8) is 0 Å². The molecule has 38 heavy (non-hydrogen) atoms. The number of benzene rings is 2. The minimum absolute atomic E-state index is 0.0602. The summed E-state index contributed by atoms with van der Waals surface area (Å²) in [5.74, 6) is -1.20. The van der Waals surface area contributed by atoms with Gasteiger partial charge in [-0.25, -0.2) is 9.59 Å². The monoisotopic (exact) mass is 523 g/mol. The Balaban J connectivity index is 1.74. The van der Waals surface area contributed by atoms with Gasteiger partial charge in [0.25, 0.3) is 0 Å². The number of amides is 3. The molecule has 1 heterocycles. The van der Waals surface area contributed by atoms with E-state index in [9.17, 15) is 19.2 Å². The third-order valence-corrected chi connectivity index (χ3v) is 6.43. The van der Waals surface area contributed by atoms with Crippen molar-refractivity contribution in [1.82, 2.24) is 15.5 Å². The van der Waals surface area contributed by atoms with Crippen molar-refractivity contribution >= 4 is 23.9 Å². The SMILES string of the molecule is COC(=O)[C@@H]1CCCN1C(=O)[C@H](CC(C)C)NC(=O)[C@H](Cc1ccccc1)NC(=O)OCc1ccccc1. The maximum absolute atomic E-state index is 13.5. The molecule has 0 radical (unpaired) electrons. The van der Waals surface area contributed by atoms with Crippen LogP contribution in [0.3, 0.4) is 0 Å². The Morgan fingerprint density at radius 2 is 1.55 bits per heavy atom. The number of rotatable bonds is 11. The van der Waals surface area contributed by atoms with Crippen LogP contribution in [-0.2, 0) is 36.9 Å². The van der Waals surface area contributed by atoms with Gasteiger partial charge in [-0.05, 0) is 36.3 Å². The summed E-state index contributed by atoms with van der Waals surface area (Å²) < 4.78 is 10.2. The zero-order valence-electron chi connectivity index (χ0n) is 22.2. The minimum atomic E-state index is -0.974. The number of hydrogen-bond donors (Lipinski definition) is 2. The zero-order chi connectivity index (χ0) is 27.5. The van der Waals surface area contributed by atoms with Crippen LogP contribution in [0.15, 0.2) is 60.7 Å². The molecular weight excluding hydrogens is 486 g/mol. The number of hydrogen-bond acceptors (Lipinski definition) is 6. The Labute approximate surface area is 223 Å². The lowest BCUT2D eigenvalue weighted by Gasteiger charge is -2.30. The molecule has 1 aliphatic heterocycles. The lowest BCUT2D eigenvalue weighted by Crippen LogP contribution is -2.56. The van der Waals surface area contributed by atoms with E-state index in [0.29, 0.717) is 25.8 Å². The van der Waals surface area contributed by atoms with Crippen molar-refractivity contribution in [3.8, 4) is 0 Å². The molecule has 0 aliphatic carbocycles. The summed E-state index contributed by atoms with van der Waals surface area (Å²) >= 11 is 0. The van der Waals surface area contributed by atoms with E-state index in [2.05, 4.69) is 10.6 Å². The number of carbonyl (C=O) groups excluding carboxylic acids is 4. The standard InChI is InChI=1S/C29H37N3O6/c1-20(2)17-24(27(34)32-16-10-15-25(32)28(35)37-3)30-26(33)23(18-21-11-6-4-7-12-21)31-29(36)38-19-22-13-8-5-9-14-22/h4-9,11-14,20,23-25H,10,15-19H2,1-3H3,(H,30,33)(H,31,36)/t23-,24-,25-/m0/s1. The molecule has 0 unspecified atom stereocenters. The van der Waals surface area contributed by atoms with Gasteiger partial charge >= 0.3 is 12.1 Å². The molecule has 3 amide bonds. The van der Waals surface area contributed by atoms with E-state index in [0.717, 1.165) is 11.1 Å². The molecule has 1 aliphatic rings. The second-order valence-corrected chi connectivity index (χ2v) is 9.85. The first-order valence-corrected chi connectivity index (χ1v) is 13.0. The highest BCUT2D eigenvalue weighted by Crippen LogP contribution is 2.21. The Bertz CT molecular complexity index is 1080. The number of ether oxygens (including phenoxy) is 2. The average molecular weight is 524 g/mol. The summed E-state index contributed by atoms with van der Waals surface area (Å²) in [4.78, 5) is 53.4. The lowest BCUT2D eigenvalue weighted by atomic mass is 10.0. The number of esters is 1. The first-order valence-electron chi connectivity index (χ1n) is 13.0. The predicted molar refractivity (Wildman–Crippen MR) is 142 cm³/mol. The predicted octanol–water partition coefficient (Wildman–Crippen LogP) is 3.22. The zero-order valence-corrected chi connectivity index (χ0v) is 22.2. The van der Waals surface area contributed by atoms with E-state index in [1.54, 1.807) is 0 Å². The van der Waals surface area contributed by atoms with Gasteiger partial charge in [0.15, 0.2) is 0 Å². The van der Waals surface area contributed by atoms with E-state index >= 15 is 0 Å². The second-order valence-electron chi connectivity index (χ2n) is 9.85. The average Bonchev–Trinajstić information content (AvgIpc) is 3.41. The molecule has 3 rings (SSSR count). The van der Waals surface area contributed by atoms with Gasteiger partial charge in [0.05, 0.1) is 7.11 Å². The molecular formula is C29H37N3O6. The summed E-state index contributed by atoms with van der Waals surface area (Å²) in [5, 5.41) is 5.52. The summed E-state index contributed by atoms with van der Waals surface area (Å²) in [6.45, 7) is 4.38. The van der Waals surface area contributed by atoms with E-state index < -0.39 is 36.1 Å². The molecule has 0 saturated carbocycles. The molecule has 0 aromatic heterocycles. The molecule has 2 N–H and O–H groups in total. The van der Waals surface area contributed by atoms with Crippen LogP contribution >= 0.6 is 0 Å². The number of nitrogens with zero attached hydrogens (tertiary/aromatic N) is 1. The van der Waals surface area contributed by atoms with Crippen molar-refractivity contribution in [2.75, 3.05) is 13.7 Å². The summed E-state index contributed by atoms with van der Waals surface area (Å²) in [7, 11) is 1.30. The maximum Gasteiger partial charge on any atom is 0.408 e. The molecule has 2 aromatic carbocycles. The first kappa shape index (κ1) is 28.7. The fourth-order valence-electron chi connectivity index (χ4n) is 4.54. The quantitative estimate of drug-likeness (QED) is 0.437. The Morgan fingerprint density at radius 1 is 0.921 bits per heavy atom. The van der Waals surface area contributed by atoms with Crippen molar-refractivity contribution in [3.05, 3.63) is 71.8 Å². The topological polar surface area (TPSA) is 114 Å². The summed E-state index contributed by atoms with van der Waals surface area (Å²) in [5.41, 5.74) is 1.66. The van der Waals surface area contributed by atoms with Gasteiger partial charge in [-0.3, -0.25) is 9.59 Å². The van der Waals surface area contributed by atoms with Crippen LogP contribution in [0.5, 0.6) is 0 Å². The third-order valence-electron chi connectivity index (χ3n) is 6.43. The lowest BCUT2D eigenvalue weighted by molar-refractivity contribution is -0.152. The molecule has 0 spiro atoms. The third kappa shape index (κ3) is 8.33. The maximum atomic E-state index is 13.5. The highest BCUT2D eigenvalue weighted by molar-refractivity contribution is 5.93. The fourth-order valence-corrected chi connectivity index (χ4v) is 4.54. The smallest absolute Gasteiger partial charge is 0.408 e. The normalized spacial score (nSPS) is 16.4. The molecule has 1 fully saturated rings. The van der Waals surface area contributed by atoms with Crippen LogP contribution in [-0.4, -0.2) is 60.6 Å². The van der Waals surface area contributed by atoms with Crippen LogP contribution < -0.4 is 10.6 Å². The molecule has 3 atom stereocenters. The highest BCUT2D eigenvalue weighted by Gasteiger charge is 2.39. The van der Waals surface area contributed by atoms with Gasteiger partial charge in [0, 0.05) is 13.0 Å². The molecule has 9 nitrogen and oxygen atoms in total. The van der Waals surface area contributed by atoms with Crippen LogP contribution in [0.4, 0.5) is 4.79 Å². The van der Waals surface area contributed by atoms with Crippen LogP contribution in [0.25, 0.3) is 0 Å². The molecule has 9 heteroatoms. The van der Waals surface area contributed by atoms with Gasteiger partial charge in [-0.1, -0.05) is 74.5 Å². The van der Waals surface area contributed by atoms with E-state index in [4.69, 9.17) is 9.47 Å². The van der Waals surface area contributed by atoms with Crippen LogP contribution in [0, 0.1) is 5.92 Å². The van der Waals surface area contributed by atoms with Crippen molar-refractivity contribution in [2.24, 2.45) is 5.92 Å².